The average Bonchev–Trinajstić information content (AvgIpc) is 3.50. The van der Waals surface area contributed by atoms with Crippen molar-refractivity contribution in [2.75, 3.05) is 26.0 Å². The number of carbonyl (C=O) groups excluding carboxylic acids is 1. The molecule has 4 heterocycles. The van der Waals surface area contributed by atoms with Crippen LogP contribution in [0.1, 0.15) is 66.7 Å². The van der Waals surface area contributed by atoms with Gasteiger partial charge in [0.15, 0.2) is 11.5 Å². The summed E-state index contributed by atoms with van der Waals surface area (Å²) in [5, 5.41) is 5.23. The molecule has 2 aromatic heterocycles. The minimum absolute atomic E-state index is 0.0151. The largest absolute Gasteiger partial charge is 0.486 e. The zero-order valence-electron chi connectivity index (χ0n) is 20.8. The van der Waals surface area contributed by atoms with Crippen LogP contribution in [0.15, 0.2) is 17.3 Å². The Morgan fingerprint density at radius 1 is 1.14 bits per heavy atom. The third-order valence-corrected chi connectivity index (χ3v) is 8.64. The number of hydrogen-bond acceptors (Lipinski definition) is 7. The van der Waals surface area contributed by atoms with Gasteiger partial charge in [-0.05, 0) is 63.1 Å². The lowest BCUT2D eigenvalue weighted by atomic mass is 9.71. The summed E-state index contributed by atoms with van der Waals surface area (Å²) >= 11 is 1.49. The second kappa shape index (κ2) is 8.40. The summed E-state index contributed by atoms with van der Waals surface area (Å²) < 4.78 is 13.6. The molecule has 3 aromatic rings. The van der Waals surface area contributed by atoms with Gasteiger partial charge >= 0.3 is 0 Å². The van der Waals surface area contributed by atoms with E-state index in [1.165, 1.54) is 35.7 Å². The molecule has 1 fully saturated rings. The third-order valence-electron chi connectivity index (χ3n) is 8.10. The van der Waals surface area contributed by atoms with Gasteiger partial charge < -0.3 is 14.4 Å². The van der Waals surface area contributed by atoms with E-state index in [4.69, 9.17) is 9.47 Å². The molecule has 6 rings (SSSR count). The minimum atomic E-state index is -0.0358. The molecular formula is C26H31N5O3S. The van der Waals surface area contributed by atoms with E-state index >= 15 is 0 Å². The Kier molecular flexibility index (Phi) is 5.43. The molecular weight excluding hydrogens is 462 g/mol. The molecule has 1 amide bonds. The number of amides is 1. The topological polar surface area (TPSA) is 81.9 Å². The lowest BCUT2D eigenvalue weighted by Crippen LogP contribution is -2.49. The first-order valence-corrected chi connectivity index (χ1v) is 13.6. The maximum absolute atomic E-state index is 13.9. The third kappa shape index (κ3) is 3.58. The van der Waals surface area contributed by atoms with E-state index < -0.39 is 0 Å². The SMILES string of the molecule is CSc1nc2nc(C)c(CC(=O)N3CC4(CCCC4)c4cc5c(cc4C3C)OCCO5)c(C)n2n1. The second-order valence-electron chi connectivity index (χ2n) is 10.0. The molecule has 35 heavy (non-hydrogen) atoms. The number of aryl methyl sites for hydroxylation is 2. The average molecular weight is 494 g/mol. The van der Waals surface area contributed by atoms with Crippen molar-refractivity contribution in [3.05, 3.63) is 40.2 Å². The molecule has 184 valence electrons. The van der Waals surface area contributed by atoms with Gasteiger partial charge in [-0.15, -0.1) is 5.10 Å². The Labute approximate surface area is 209 Å². The van der Waals surface area contributed by atoms with Gasteiger partial charge in [0, 0.05) is 28.9 Å². The van der Waals surface area contributed by atoms with Crippen LogP contribution in [0, 0.1) is 13.8 Å². The molecule has 1 unspecified atom stereocenters. The van der Waals surface area contributed by atoms with E-state index in [2.05, 4.69) is 39.0 Å². The van der Waals surface area contributed by atoms with Crippen molar-refractivity contribution in [2.45, 2.75) is 69.5 Å². The van der Waals surface area contributed by atoms with E-state index in [0.29, 0.717) is 30.6 Å². The van der Waals surface area contributed by atoms with Crippen LogP contribution < -0.4 is 9.47 Å². The highest BCUT2D eigenvalue weighted by molar-refractivity contribution is 7.98. The Hall–Kier alpha value is -2.81. The van der Waals surface area contributed by atoms with Crippen LogP contribution >= 0.6 is 11.8 Å². The number of benzene rings is 1. The number of rotatable bonds is 3. The van der Waals surface area contributed by atoms with Crippen molar-refractivity contribution in [3.63, 3.8) is 0 Å². The molecule has 1 aliphatic carbocycles. The van der Waals surface area contributed by atoms with Crippen LogP contribution in [0.2, 0.25) is 0 Å². The molecule has 2 aliphatic heterocycles. The normalized spacial score (nSPS) is 20.5. The van der Waals surface area contributed by atoms with E-state index in [0.717, 1.165) is 47.8 Å². The van der Waals surface area contributed by atoms with E-state index in [9.17, 15) is 4.79 Å². The van der Waals surface area contributed by atoms with E-state index in [1.54, 1.807) is 4.52 Å². The number of carbonyl (C=O) groups is 1. The first kappa shape index (κ1) is 22.6. The van der Waals surface area contributed by atoms with Gasteiger partial charge in [0.25, 0.3) is 5.78 Å². The first-order valence-electron chi connectivity index (χ1n) is 12.4. The summed E-state index contributed by atoms with van der Waals surface area (Å²) in [6.07, 6.45) is 6.82. The van der Waals surface area contributed by atoms with Crippen molar-refractivity contribution < 1.29 is 14.3 Å². The maximum atomic E-state index is 13.9. The van der Waals surface area contributed by atoms with Gasteiger partial charge in [0.05, 0.1) is 12.5 Å². The van der Waals surface area contributed by atoms with E-state index in [-0.39, 0.29) is 17.4 Å². The summed E-state index contributed by atoms with van der Waals surface area (Å²) in [5.74, 6) is 2.34. The number of thioether (sulfide) groups is 1. The predicted octanol–water partition coefficient (Wildman–Crippen LogP) is 4.19. The lowest BCUT2D eigenvalue weighted by molar-refractivity contribution is -0.134. The van der Waals surface area contributed by atoms with Gasteiger partial charge in [-0.3, -0.25) is 4.79 Å². The van der Waals surface area contributed by atoms with Crippen molar-refractivity contribution in [1.82, 2.24) is 24.5 Å². The fraction of sp³-hybridized carbons (Fsp3) is 0.538. The monoisotopic (exact) mass is 493 g/mol. The van der Waals surface area contributed by atoms with Gasteiger partial charge in [-0.1, -0.05) is 24.6 Å². The van der Waals surface area contributed by atoms with Crippen molar-refractivity contribution in [2.24, 2.45) is 0 Å². The quantitative estimate of drug-likeness (QED) is 0.506. The molecule has 0 N–H and O–H groups in total. The van der Waals surface area contributed by atoms with Gasteiger partial charge in [-0.25, -0.2) is 9.50 Å². The van der Waals surface area contributed by atoms with Crippen LogP contribution in [0.25, 0.3) is 5.78 Å². The fourth-order valence-electron chi connectivity index (χ4n) is 6.19. The highest BCUT2D eigenvalue weighted by Gasteiger charge is 2.46. The minimum Gasteiger partial charge on any atom is -0.486 e. The maximum Gasteiger partial charge on any atom is 0.253 e. The molecule has 1 atom stereocenters. The number of aromatic nitrogens is 4. The van der Waals surface area contributed by atoms with Crippen LogP contribution in [0.4, 0.5) is 0 Å². The molecule has 0 saturated heterocycles. The smallest absolute Gasteiger partial charge is 0.253 e. The molecule has 3 aliphatic rings. The summed E-state index contributed by atoms with van der Waals surface area (Å²) in [5.41, 5.74) is 5.22. The Bertz CT molecular complexity index is 1330. The Balaban J connectivity index is 1.37. The number of nitrogens with zero attached hydrogens (tertiary/aromatic N) is 5. The number of ether oxygens (including phenoxy) is 2. The van der Waals surface area contributed by atoms with Crippen molar-refractivity contribution in [3.8, 4) is 11.5 Å². The summed E-state index contributed by atoms with van der Waals surface area (Å²) in [4.78, 5) is 25.1. The Morgan fingerprint density at radius 3 is 2.57 bits per heavy atom. The standard InChI is InChI=1S/C26H31N5O3S/c1-15-18(17(3)31-24(27-15)28-25(29-31)35-4)12-23(32)30-14-26(7-5-6-8-26)20-13-22-21(33-9-10-34-22)11-19(20)16(30)2/h11,13,16H,5-10,12,14H2,1-4H3. The molecule has 0 bridgehead atoms. The van der Waals surface area contributed by atoms with Crippen molar-refractivity contribution in [1.29, 1.82) is 0 Å². The fourth-order valence-corrected chi connectivity index (χ4v) is 6.53. The second-order valence-corrected chi connectivity index (χ2v) is 10.8. The van der Waals surface area contributed by atoms with Crippen LogP contribution in [0.3, 0.4) is 0 Å². The first-order chi connectivity index (χ1) is 16.9. The highest BCUT2D eigenvalue weighted by atomic mass is 32.2. The molecule has 1 aromatic carbocycles. The number of fused-ring (bicyclic) bond motifs is 4. The lowest BCUT2D eigenvalue weighted by Gasteiger charge is -2.46. The van der Waals surface area contributed by atoms with Gasteiger partial charge in [0.2, 0.25) is 11.1 Å². The predicted molar refractivity (Wildman–Crippen MR) is 133 cm³/mol. The summed E-state index contributed by atoms with van der Waals surface area (Å²) in [7, 11) is 0. The van der Waals surface area contributed by atoms with Crippen LogP contribution in [-0.4, -0.2) is 56.4 Å². The highest BCUT2D eigenvalue weighted by Crippen LogP contribution is 2.52. The van der Waals surface area contributed by atoms with E-state index in [1.807, 2.05) is 20.1 Å². The van der Waals surface area contributed by atoms with Crippen LogP contribution in [0.5, 0.6) is 11.5 Å². The summed E-state index contributed by atoms with van der Waals surface area (Å²) in [6.45, 7) is 7.98. The molecule has 8 nitrogen and oxygen atoms in total. The number of hydrogen-bond donors (Lipinski definition) is 0. The zero-order chi connectivity index (χ0) is 24.3. The molecule has 1 spiro atoms. The molecule has 0 radical (unpaired) electrons. The van der Waals surface area contributed by atoms with Crippen molar-refractivity contribution >= 4 is 23.4 Å². The zero-order valence-corrected chi connectivity index (χ0v) is 21.6. The molecule has 1 saturated carbocycles. The summed E-state index contributed by atoms with van der Waals surface area (Å²) in [6, 6.07) is 4.29. The molecule has 9 heteroatoms. The van der Waals surface area contributed by atoms with Gasteiger partial charge in [-0.2, -0.15) is 4.98 Å². The van der Waals surface area contributed by atoms with Gasteiger partial charge in [0.1, 0.15) is 13.2 Å². The Morgan fingerprint density at radius 2 is 1.86 bits per heavy atom. The van der Waals surface area contributed by atoms with Crippen LogP contribution in [-0.2, 0) is 16.6 Å².